The molecule has 3 rings (SSSR count). The standard InChI is InChI=1S/C16H18N2O3S/c1-16(2)7-9-14(12(19)11(16)13(20)15(17)21)22-10-6-4-3-5-8(10)18-9/h3-6,8,10-11,18H,7H2,1-2H3,(H2,17,21)/t8-,10-,11+/m0/s1. The van der Waals surface area contributed by atoms with E-state index in [0.29, 0.717) is 11.3 Å². The summed E-state index contributed by atoms with van der Waals surface area (Å²) in [5, 5.41) is 3.53. The summed E-state index contributed by atoms with van der Waals surface area (Å²) in [5.74, 6) is -3.10. The molecule has 1 amide bonds. The van der Waals surface area contributed by atoms with Crippen LogP contribution in [0.15, 0.2) is 34.9 Å². The molecule has 3 aliphatic rings. The van der Waals surface area contributed by atoms with Gasteiger partial charge in [0.05, 0.1) is 22.1 Å². The third-order valence-corrected chi connectivity index (χ3v) is 5.76. The van der Waals surface area contributed by atoms with Gasteiger partial charge < -0.3 is 11.1 Å². The predicted molar refractivity (Wildman–Crippen MR) is 84.7 cm³/mol. The lowest BCUT2D eigenvalue weighted by atomic mass is 9.67. The summed E-state index contributed by atoms with van der Waals surface area (Å²) in [4.78, 5) is 36.8. The average molecular weight is 318 g/mol. The van der Waals surface area contributed by atoms with Gasteiger partial charge in [-0.05, 0) is 11.8 Å². The molecule has 0 fully saturated rings. The largest absolute Gasteiger partial charge is 0.380 e. The van der Waals surface area contributed by atoms with Crippen LogP contribution < -0.4 is 11.1 Å². The molecule has 0 radical (unpaired) electrons. The molecule has 0 aromatic rings. The number of nitrogens with one attached hydrogen (secondary N) is 1. The molecular weight excluding hydrogens is 300 g/mol. The maximum Gasteiger partial charge on any atom is 0.285 e. The van der Waals surface area contributed by atoms with Crippen LogP contribution in [0.4, 0.5) is 0 Å². The first kappa shape index (κ1) is 15.1. The highest BCUT2D eigenvalue weighted by atomic mass is 32.2. The van der Waals surface area contributed by atoms with E-state index in [-0.39, 0.29) is 17.1 Å². The van der Waals surface area contributed by atoms with Gasteiger partial charge in [0, 0.05) is 5.70 Å². The van der Waals surface area contributed by atoms with E-state index in [9.17, 15) is 14.4 Å². The maximum absolute atomic E-state index is 12.8. The van der Waals surface area contributed by atoms with Crippen molar-refractivity contribution in [3.8, 4) is 0 Å². The van der Waals surface area contributed by atoms with Crippen LogP contribution in [0.5, 0.6) is 0 Å². The smallest absolute Gasteiger partial charge is 0.285 e. The Morgan fingerprint density at radius 2 is 2.00 bits per heavy atom. The summed E-state index contributed by atoms with van der Waals surface area (Å²) < 4.78 is 0. The van der Waals surface area contributed by atoms with Crippen molar-refractivity contribution < 1.29 is 14.4 Å². The normalized spacial score (nSPS) is 32.1. The number of ketones is 2. The first-order valence-electron chi connectivity index (χ1n) is 7.20. The molecule has 1 heterocycles. The van der Waals surface area contributed by atoms with Gasteiger partial charge in [-0.15, -0.1) is 11.8 Å². The van der Waals surface area contributed by atoms with E-state index in [4.69, 9.17) is 5.73 Å². The van der Waals surface area contributed by atoms with E-state index in [0.717, 1.165) is 5.70 Å². The molecule has 1 aliphatic heterocycles. The Morgan fingerprint density at radius 3 is 2.68 bits per heavy atom. The predicted octanol–water partition coefficient (Wildman–Crippen LogP) is 1.07. The molecule has 3 atom stereocenters. The molecule has 0 saturated heterocycles. The van der Waals surface area contributed by atoms with Crippen molar-refractivity contribution in [2.24, 2.45) is 17.1 Å². The van der Waals surface area contributed by atoms with Gasteiger partial charge in [0.25, 0.3) is 5.91 Å². The van der Waals surface area contributed by atoms with Crippen molar-refractivity contribution in [2.45, 2.75) is 31.6 Å². The van der Waals surface area contributed by atoms with E-state index in [2.05, 4.69) is 11.4 Å². The van der Waals surface area contributed by atoms with Crippen molar-refractivity contribution in [1.29, 1.82) is 0 Å². The number of fused-ring (bicyclic) bond motifs is 1. The first-order valence-corrected chi connectivity index (χ1v) is 8.08. The Labute approximate surface area is 133 Å². The van der Waals surface area contributed by atoms with Crippen LogP contribution >= 0.6 is 11.8 Å². The second-order valence-corrected chi connectivity index (χ2v) is 7.71. The van der Waals surface area contributed by atoms with Crippen LogP contribution in [0.25, 0.3) is 0 Å². The Morgan fingerprint density at radius 1 is 1.32 bits per heavy atom. The monoisotopic (exact) mass is 318 g/mol. The zero-order valence-corrected chi connectivity index (χ0v) is 13.3. The number of amides is 1. The first-order chi connectivity index (χ1) is 10.3. The topological polar surface area (TPSA) is 89.3 Å². The van der Waals surface area contributed by atoms with Gasteiger partial charge in [-0.3, -0.25) is 14.4 Å². The van der Waals surface area contributed by atoms with Gasteiger partial charge in [0.1, 0.15) is 0 Å². The molecule has 0 unspecified atom stereocenters. The van der Waals surface area contributed by atoms with Crippen LogP contribution in [0.1, 0.15) is 20.3 Å². The summed E-state index contributed by atoms with van der Waals surface area (Å²) >= 11 is 1.47. The van der Waals surface area contributed by atoms with E-state index in [1.807, 2.05) is 32.1 Å². The van der Waals surface area contributed by atoms with Gasteiger partial charge in [0.2, 0.25) is 5.78 Å². The molecular formula is C16H18N2O3S. The van der Waals surface area contributed by atoms with Crippen LogP contribution in [-0.4, -0.2) is 28.8 Å². The molecule has 0 bridgehead atoms. The Bertz CT molecular complexity index is 660. The Kier molecular flexibility index (Phi) is 3.51. The summed E-state index contributed by atoms with van der Waals surface area (Å²) in [5.41, 5.74) is 5.37. The highest BCUT2D eigenvalue weighted by molar-refractivity contribution is 8.04. The van der Waals surface area contributed by atoms with Gasteiger partial charge in [-0.25, -0.2) is 0 Å². The summed E-state index contributed by atoms with van der Waals surface area (Å²) in [6.45, 7) is 3.66. The second-order valence-electron chi connectivity index (χ2n) is 6.52. The number of rotatable bonds is 2. The van der Waals surface area contributed by atoms with Gasteiger partial charge in [-0.2, -0.15) is 0 Å². The van der Waals surface area contributed by atoms with E-state index >= 15 is 0 Å². The van der Waals surface area contributed by atoms with E-state index in [1.165, 1.54) is 11.8 Å². The molecule has 22 heavy (non-hydrogen) atoms. The van der Waals surface area contributed by atoms with Crippen LogP contribution in [0.3, 0.4) is 0 Å². The molecule has 5 nitrogen and oxygen atoms in total. The molecule has 3 N–H and O–H groups in total. The highest BCUT2D eigenvalue weighted by Gasteiger charge is 2.50. The molecule has 0 aromatic heterocycles. The van der Waals surface area contributed by atoms with Crippen molar-refractivity contribution in [2.75, 3.05) is 0 Å². The number of Topliss-reactive ketones (excluding diaryl/α,β-unsaturated/α-hetero) is 2. The van der Waals surface area contributed by atoms with Gasteiger partial charge >= 0.3 is 0 Å². The number of carbonyl (C=O) groups excluding carboxylic acids is 3. The number of allylic oxidation sites excluding steroid dienone is 4. The fraction of sp³-hybridized carbons (Fsp3) is 0.438. The summed E-state index contributed by atoms with van der Waals surface area (Å²) in [6, 6.07) is 0.153. The Balaban J connectivity index is 1.99. The third-order valence-electron chi connectivity index (χ3n) is 4.36. The van der Waals surface area contributed by atoms with Gasteiger partial charge in [-0.1, -0.05) is 38.2 Å². The number of hydrogen-bond acceptors (Lipinski definition) is 5. The number of hydrogen-bond donors (Lipinski definition) is 2. The third kappa shape index (κ3) is 2.31. The average Bonchev–Trinajstić information content (AvgIpc) is 2.44. The lowest BCUT2D eigenvalue weighted by Crippen LogP contribution is -2.51. The molecule has 0 spiro atoms. The minimum Gasteiger partial charge on any atom is -0.380 e. The summed E-state index contributed by atoms with van der Waals surface area (Å²) in [6.07, 6.45) is 8.58. The van der Waals surface area contributed by atoms with Crippen molar-refractivity contribution in [1.82, 2.24) is 5.32 Å². The van der Waals surface area contributed by atoms with E-state index in [1.54, 1.807) is 0 Å². The zero-order chi connectivity index (χ0) is 16.1. The van der Waals surface area contributed by atoms with Crippen LogP contribution in [-0.2, 0) is 14.4 Å². The van der Waals surface area contributed by atoms with Crippen molar-refractivity contribution in [3.63, 3.8) is 0 Å². The van der Waals surface area contributed by atoms with Crippen LogP contribution in [0.2, 0.25) is 0 Å². The SMILES string of the molecule is CC1(C)CC2=C(S[C@H]3C=CC=C[C@@H]3N2)C(=O)[C@@H]1C(=O)C(N)=O. The van der Waals surface area contributed by atoms with Crippen molar-refractivity contribution in [3.05, 3.63) is 34.9 Å². The fourth-order valence-corrected chi connectivity index (χ4v) is 4.56. The van der Waals surface area contributed by atoms with E-state index < -0.39 is 23.0 Å². The van der Waals surface area contributed by atoms with Crippen molar-refractivity contribution >= 4 is 29.2 Å². The minimum atomic E-state index is -1.04. The fourth-order valence-electron chi connectivity index (χ4n) is 3.30. The minimum absolute atomic E-state index is 0.123. The number of thioether (sulfide) groups is 1. The highest BCUT2D eigenvalue weighted by Crippen LogP contribution is 2.47. The van der Waals surface area contributed by atoms with Gasteiger partial charge in [0.15, 0.2) is 5.78 Å². The zero-order valence-electron chi connectivity index (χ0n) is 12.5. The molecule has 0 aromatic carbocycles. The summed E-state index contributed by atoms with van der Waals surface area (Å²) in [7, 11) is 0. The van der Waals surface area contributed by atoms with Crippen LogP contribution in [0, 0.1) is 11.3 Å². The lowest BCUT2D eigenvalue weighted by molar-refractivity contribution is -0.145. The number of primary amides is 1. The quantitative estimate of drug-likeness (QED) is 0.587. The molecule has 0 saturated carbocycles. The number of nitrogens with two attached hydrogens (primary N) is 1. The lowest BCUT2D eigenvalue weighted by Gasteiger charge is -2.43. The molecule has 6 heteroatoms. The number of carbonyl (C=O) groups is 3. The second kappa shape index (κ2) is 5.12. The molecule has 116 valence electrons. The Hall–Kier alpha value is -1.82. The molecule has 2 aliphatic carbocycles. The maximum atomic E-state index is 12.8.